The first-order valence-corrected chi connectivity index (χ1v) is 11.9. The van der Waals surface area contributed by atoms with Gasteiger partial charge >= 0.3 is 0 Å². The van der Waals surface area contributed by atoms with E-state index in [1.165, 1.54) is 18.4 Å². The van der Waals surface area contributed by atoms with Crippen LogP contribution < -0.4 is 5.32 Å². The molecule has 0 saturated heterocycles. The van der Waals surface area contributed by atoms with E-state index < -0.39 is 15.6 Å². The number of carbonyl (C=O) groups is 1. The van der Waals surface area contributed by atoms with Crippen LogP contribution in [-0.2, 0) is 20.4 Å². The topological polar surface area (TPSA) is 78.8 Å². The molecule has 1 aromatic rings. The second-order valence-corrected chi connectivity index (χ2v) is 11.4. The number of allylic oxidation sites excluding steroid dienone is 1. The molecule has 1 aromatic carbocycles. The van der Waals surface area contributed by atoms with Gasteiger partial charge in [0.25, 0.3) is 5.91 Å². The predicted molar refractivity (Wildman–Crippen MR) is 123 cm³/mol. The lowest BCUT2D eigenvalue weighted by atomic mass is 9.81. The van der Waals surface area contributed by atoms with Crippen molar-refractivity contribution in [2.75, 3.05) is 20.6 Å². The molecule has 0 fully saturated rings. The number of quaternary nitrogens is 1. The Morgan fingerprint density at radius 1 is 1.19 bits per heavy atom. The Balaban J connectivity index is 1.90. The van der Waals surface area contributed by atoms with Crippen molar-refractivity contribution < 1.29 is 17.8 Å². The second kappa shape index (κ2) is 8.00. The number of nitrogens with zero attached hydrogens (tertiary/aromatic N) is 3. The van der Waals surface area contributed by atoms with Gasteiger partial charge in [0.2, 0.25) is 10.0 Å². The van der Waals surface area contributed by atoms with Crippen molar-refractivity contribution >= 4 is 21.6 Å². The maximum atomic E-state index is 13.2. The SMILES string of the molecule is CC1=N[N+](CC2=C(C)CC(C)(c3ccc(S(=O)(=O)N(C)C)cc3)NC2=O)(C(C)C)C=C1. The lowest BCUT2D eigenvalue weighted by molar-refractivity contribution is -0.900. The standard InChI is InChI=1S/C23H32N4O3S/c1-16(2)27(13-12-18(4)25-27)15-21-17(3)14-23(5,24-22(21)28)19-8-10-20(11-9-19)31(29,30)26(6)7/h8-13,16H,14-15H2,1-7H3/p+1. The summed E-state index contributed by atoms with van der Waals surface area (Å²) < 4.78 is 26.3. The summed E-state index contributed by atoms with van der Waals surface area (Å²) >= 11 is 0. The minimum Gasteiger partial charge on any atom is -0.343 e. The van der Waals surface area contributed by atoms with Gasteiger partial charge in [0.05, 0.1) is 21.7 Å². The van der Waals surface area contributed by atoms with Crippen LogP contribution in [0.5, 0.6) is 0 Å². The van der Waals surface area contributed by atoms with Crippen molar-refractivity contribution in [2.24, 2.45) is 5.10 Å². The normalized spacial score (nSPS) is 26.6. The van der Waals surface area contributed by atoms with E-state index in [4.69, 9.17) is 5.10 Å². The first-order chi connectivity index (χ1) is 14.3. The van der Waals surface area contributed by atoms with Gasteiger partial charge in [-0.05, 0) is 58.7 Å². The van der Waals surface area contributed by atoms with E-state index >= 15 is 0 Å². The molecule has 2 unspecified atom stereocenters. The maximum absolute atomic E-state index is 13.2. The highest BCUT2D eigenvalue weighted by Gasteiger charge is 2.41. The molecule has 0 spiro atoms. The zero-order chi connectivity index (χ0) is 23.2. The summed E-state index contributed by atoms with van der Waals surface area (Å²) in [6.45, 7) is 10.7. The summed E-state index contributed by atoms with van der Waals surface area (Å²) in [7, 11) is -0.474. The predicted octanol–water partition coefficient (Wildman–Crippen LogP) is 3.12. The Morgan fingerprint density at radius 2 is 1.81 bits per heavy atom. The molecular weight excluding hydrogens is 412 g/mol. The van der Waals surface area contributed by atoms with Gasteiger partial charge in [-0.1, -0.05) is 22.8 Å². The lowest BCUT2D eigenvalue weighted by Crippen LogP contribution is -2.52. The average molecular weight is 446 g/mol. The number of nitrogens with one attached hydrogen (secondary N) is 1. The van der Waals surface area contributed by atoms with Crippen molar-refractivity contribution in [3.05, 3.63) is 53.3 Å². The first kappa shape index (κ1) is 23.4. The van der Waals surface area contributed by atoms with Crippen LogP contribution in [0, 0.1) is 0 Å². The second-order valence-electron chi connectivity index (χ2n) is 9.23. The Kier molecular flexibility index (Phi) is 6.03. The third-order valence-corrected chi connectivity index (χ3v) is 8.12. The third kappa shape index (κ3) is 4.24. The van der Waals surface area contributed by atoms with Gasteiger partial charge in [0, 0.05) is 20.2 Å². The molecule has 2 aliphatic rings. The Labute approximate surface area is 185 Å². The number of sulfonamides is 1. The number of hydrogen-bond acceptors (Lipinski definition) is 4. The molecule has 0 saturated carbocycles. The molecule has 2 aliphatic heterocycles. The number of hydrogen-bond donors (Lipinski definition) is 1. The number of rotatable bonds is 6. The molecule has 0 aliphatic carbocycles. The van der Waals surface area contributed by atoms with Crippen molar-refractivity contribution in [1.82, 2.24) is 9.62 Å². The number of benzene rings is 1. The van der Waals surface area contributed by atoms with E-state index in [2.05, 4.69) is 25.4 Å². The van der Waals surface area contributed by atoms with Crippen LogP contribution in [0.3, 0.4) is 0 Å². The van der Waals surface area contributed by atoms with Gasteiger partial charge in [-0.25, -0.2) is 12.7 Å². The highest BCUT2D eigenvalue weighted by molar-refractivity contribution is 7.89. The van der Waals surface area contributed by atoms with Crippen LogP contribution in [-0.4, -0.2) is 55.6 Å². The Morgan fingerprint density at radius 3 is 2.26 bits per heavy atom. The average Bonchev–Trinajstić information content (AvgIpc) is 3.07. The zero-order valence-corrected chi connectivity index (χ0v) is 20.2. The van der Waals surface area contributed by atoms with Gasteiger partial charge in [-0.2, -0.15) is 4.59 Å². The van der Waals surface area contributed by atoms with Gasteiger partial charge in [-0.3, -0.25) is 4.79 Å². The van der Waals surface area contributed by atoms with Crippen LogP contribution in [0.1, 0.15) is 46.6 Å². The fourth-order valence-electron chi connectivity index (χ4n) is 4.20. The van der Waals surface area contributed by atoms with Crippen LogP contribution in [0.4, 0.5) is 0 Å². The fraction of sp³-hybridized carbons (Fsp3) is 0.478. The van der Waals surface area contributed by atoms with E-state index in [-0.39, 0.29) is 16.8 Å². The molecule has 2 atom stereocenters. The van der Waals surface area contributed by atoms with Crippen LogP contribution in [0.2, 0.25) is 0 Å². The van der Waals surface area contributed by atoms with E-state index in [0.29, 0.717) is 17.6 Å². The molecule has 0 aromatic heterocycles. The quantitative estimate of drug-likeness (QED) is 0.684. The monoisotopic (exact) mass is 445 g/mol. The molecule has 168 valence electrons. The smallest absolute Gasteiger partial charge is 0.253 e. The highest BCUT2D eigenvalue weighted by Crippen LogP contribution is 2.36. The van der Waals surface area contributed by atoms with Gasteiger partial charge < -0.3 is 5.32 Å². The summed E-state index contributed by atoms with van der Waals surface area (Å²) in [5, 5.41) is 7.96. The van der Waals surface area contributed by atoms with Crippen LogP contribution in [0.15, 0.2) is 57.7 Å². The van der Waals surface area contributed by atoms with E-state index in [1.54, 1.807) is 24.3 Å². The third-order valence-electron chi connectivity index (χ3n) is 6.29. The van der Waals surface area contributed by atoms with Crippen molar-refractivity contribution in [1.29, 1.82) is 0 Å². The molecule has 1 N–H and O–H groups in total. The van der Waals surface area contributed by atoms with Gasteiger partial charge in [0.1, 0.15) is 18.8 Å². The minimum absolute atomic E-state index is 0.0949. The lowest BCUT2D eigenvalue weighted by Gasteiger charge is -2.39. The Hall–Kier alpha value is -2.29. The number of carbonyl (C=O) groups excluding carboxylic acids is 1. The molecule has 1 amide bonds. The van der Waals surface area contributed by atoms with Crippen LogP contribution in [0.25, 0.3) is 0 Å². The molecule has 31 heavy (non-hydrogen) atoms. The molecule has 8 heteroatoms. The summed E-state index contributed by atoms with van der Waals surface area (Å²) in [6, 6.07) is 6.98. The molecule has 2 heterocycles. The minimum atomic E-state index is -3.49. The van der Waals surface area contributed by atoms with E-state index in [9.17, 15) is 13.2 Å². The van der Waals surface area contributed by atoms with Gasteiger partial charge in [-0.15, -0.1) is 0 Å². The largest absolute Gasteiger partial charge is 0.343 e. The molecule has 0 bridgehead atoms. The van der Waals surface area contributed by atoms with Crippen LogP contribution >= 0.6 is 0 Å². The molecular formula is C23H33N4O3S+. The maximum Gasteiger partial charge on any atom is 0.253 e. The molecule has 3 rings (SSSR count). The summed E-state index contributed by atoms with van der Waals surface area (Å²) in [6.07, 6.45) is 4.72. The van der Waals surface area contributed by atoms with E-state index in [0.717, 1.165) is 22.4 Å². The van der Waals surface area contributed by atoms with E-state index in [1.807, 2.05) is 26.8 Å². The fourth-order valence-corrected chi connectivity index (χ4v) is 5.10. The summed E-state index contributed by atoms with van der Waals surface area (Å²) in [5.41, 5.74) is 3.03. The van der Waals surface area contributed by atoms with Crippen molar-refractivity contribution in [2.45, 2.75) is 57.5 Å². The van der Waals surface area contributed by atoms with Crippen molar-refractivity contribution in [3.63, 3.8) is 0 Å². The van der Waals surface area contributed by atoms with Gasteiger partial charge in [0.15, 0.2) is 0 Å². The molecule has 0 radical (unpaired) electrons. The zero-order valence-electron chi connectivity index (χ0n) is 19.4. The first-order valence-electron chi connectivity index (χ1n) is 10.5. The highest BCUT2D eigenvalue weighted by atomic mass is 32.2. The Bertz CT molecular complexity index is 1080. The van der Waals surface area contributed by atoms with Crippen molar-refractivity contribution in [3.8, 4) is 0 Å². The summed E-state index contributed by atoms with van der Waals surface area (Å²) in [4.78, 5) is 13.4. The summed E-state index contributed by atoms with van der Waals surface area (Å²) in [5.74, 6) is -0.0949. The molecule has 7 nitrogen and oxygen atoms in total. The number of amides is 1.